The second-order valence-electron chi connectivity index (χ2n) is 4.11. The topological polar surface area (TPSA) is 35.2 Å². The van der Waals surface area contributed by atoms with Gasteiger partial charge in [0.25, 0.3) is 0 Å². The fourth-order valence-electron chi connectivity index (χ4n) is 2.84. The van der Waals surface area contributed by atoms with Crippen molar-refractivity contribution in [3.8, 4) is 0 Å². The molecule has 2 N–H and O–H groups in total. The van der Waals surface area contributed by atoms with Gasteiger partial charge in [0.2, 0.25) is 0 Å². The fourth-order valence-corrected chi connectivity index (χ4v) is 2.84. The van der Waals surface area contributed by atoms with E-state index in [2.05, 4.69) is 0 Å². The van der Waals surface area contributed by atoms with E-state index in [-0.39, 0.29) is 0 Å². The molecule has 2 nitrogen and oxygen atoms in total. The van der Waals surface area contributed by atoms with Crippen molar-refractivity contribution in [2.24, 2.45) is 23.7 Å². The van der Waals surface area contributed by atoms with Crippen LogP contribution in [0.15, 0.2) is 0 Å². The van der Waals surface area contributed by atoms with Crippen molar-refractivity contribution in [3.05, 3.63) is 0 Å². The highest BCUT2D eigenvalue weighted by Crippen LogP contribution is 2.44. The van der Waals surface area contributed by atoms with Gasteiger partial charge in [-0.15, -0.1) is 0 Å². The predicted octanol–water partition coefficient (Wildman–Crippen LogP) is 1.70. The molecule has 11 heavy (non-hydrogen) atoms. The monoisotopic (exact) mass is 155 g/mol. The van der Waals surface area contributed by atoms with Gasteiger partial charge in [0.15, 0.2) is 0 Å². The second kappa shape index (κ2) is 3.11. The number of hydrogen-bond acceptors (Lipinski definition) is 2. The molecule has 3 aliphatic carbocycles. The number of fused-ring (bicyclic) bond motifs is 3. The van der Waals surface area contributed by atoms with Crippen LogP contribution in [0, 0.1) is 17.8 Å². The van der Waals surface area contributed by atoms with Crippen molar-refractivity contribution in [1.82, 2.24) is 0 Å². The Labute approximate surface area is 68.1 Å². The number of rotatable bonds is 2. The zero-order chi connectivity index (χ0) is 7.68. The van der Waals surface area contributed by atoms with Gasteiger partial charge in [-0.1, -0.05) is 12.8 Å². The molecule has 1 unspecified atom stereocenters. The molecule has 0 amide bonds. The van der Waals surface area contributed by atoms with Gasteiger partial charge in [0, 0.05) is 0 Å². The van der Waals surface area contributed by atoms with E-state index in [9.17, 15) is 0 Å². The number of hydrogen-bond donors (Lipinski definition) is 1. The Morgan fingerprint density at radius 3 is 2.36 bits per heavy atom. The van der Waals surface area contributed by atoms with Crippen LogP contribution < -0.4 is 5.90 Å². The molecule has 0 aromatic carbocycles. The largest absolute Gasteiger partial charge is 0.304 e. The lowest BCUT2D eigenvalue weighted by Gasteiger charge is -2.41. The lowest BCUT2D eigenvalue weighted by Crippen LogP contribution is -2.34. The Bertz CT molecular complexity index is 130. The summed E-state index contributed by atoms with van der Waals surface area (Å²) in [5, 5.41) is 0. The van der Waals surface area contributed by atoms with E-state index in [0.717, 1.165) is 24.4 Å². The van der Waals surface area contributed by atoms with Crippen LogP contribution in [0.3, 0.4) is 0 Å². The molecule has 64 valence electrons. The lowest BCUT2D eigenvalue weighted by atomic mass is 9.65. The average molecular weight is 155 g/mol. The highest BCUT2D eigenvalue weighted by Gasteiger charge is 2.35. The van der Waals surface area contributed by atoms with E-state index < -0.39 is 0 Å². The SMILES string of the molecule is NOCC1CC2CCC1CC2. The average Bonchev–Trinajstić information content (AvgIpc) is 2.07. The van der Waals surface area contributed by atoms with E-state index in [1.165, 1.54) is 32.1 Å². The van der Waals surface area contributed by atoms with E-state index in [4.69, 9.17) is 10.7 Å². The van der Waals surface area contributed by atoms with Gasteiger partial charge in [-0.25, -0.2) is 5.90 Å². The first kappa shape index (κ1) is 7.56. The molecule has 2 heteroatoms. The first-order valence-corrected chi connectivity index (χ1v) is 4.72. The minimum absolute atomic E-state index is 0.785. The van der Waals surface area contributed by atoms with E-state index in [1.807, 2.05) is 0 Å². The molecule has 2 bridgehead atoms. The summed E-state index contributed by atoms with van der Waals surface area (Å²) in [6, 6.07) is 0. The summed E-state index contributed by atoms with van der Waals surface area (Å²) in [5.74, 6) is 7.81. The molecule has 1 atom stereocenters. The minimum atomic E-state index is 0.785. The first-order chi connectivity index (χ1) is 5.40. The van der Waals surface area contributed by atoms with Crippen LogP contribution >= 0.6 is 0 Å². The van der Waals surface area contributed by atoms with Crippen LogP contribution in [0.4, 0.5) is 0 Å². The van der Waals surface area contributed by atoms with Crippen molar-refractivity contribution < 1.29 is 4.84 Å². The highest BCUT2D eigenvalue weighted by atomic mass is 16.6. The molecule has 3 fully saturated rings. The second-order valence-corrected chi connectivity index (χ2v) is 4.11. The van der Waals surface area contributed by atoms with Gasteiger partial charge in [-0.2, -0.15) is 0 Å². The van der Waals surface area contributed by atoms with E-state index >= 15 is 0 Å². The quantitative estimate of drug-likeness (QED) is 0.616. The Balaban J connectivity index is 1.92. The molecule has 0 spiro atoms. The maximum absolute atomic E-state index is 5.09. The summed E-state index contributed by atoms with van der Waals surface area (Å²) >= 11 is 0. The molecular weight excluding hydrogens is 138 g/mol. The maximum Gasteiger partial charge on any atom is 0.0710 e. The third-order valence-electron chi connectivity index (χ3n) is 3.50. The fraction of sp³-hybridized carbons (Fsp3) is 1.00. The zero-order valence-electron chi connectivity index (χ0n) is 6.96. The molecule has 0 aromatic rings. The minimum Gasteiger partial charge on any atom is -0.304 e. The Kier molecular flexibility index (Phi) is 2.14. The van der Waals surface area contributed by atoms with Crippen LogP contribution in [0.5, 0.6) is 0 Å². The van der Waals surface area contributed by atoms with Crippen LogP contribution in [-0.4, -0.2) is 6.61 Å². The van der Waals surface area contributed by atoms with Crippen LogP contribution in [-0.2, 0) is 4.84 Å². The predicted molar refractivity (Wildman–Crippen MR) is 43.7 cm³/mol. The molecule has 0 saturated heterocycles. The van der Waals surface area contributed by atoms with Crippen molar-refractivity contribution in [2.45, 2.75) is 32.1 Å². The van der Waals surface area contributed by atoms with Crippen LogP contribution in [0.1, 0.15) is 32.1 Å². The highest BCUT2D eigenvalue weighted by molar-refractivity contribution is 4.85. The van der Waals surface area contributed by atoms with Gasteiger partial charge in [-0.3, -0.25) is 0 Å². The Hall–Kier alpha value is -0.0800. The summed E-state index contributed by atoms with van der Waals surface area (Å²) < 4.78 is 0. The molecule has 0 aliphatic heterocycles. The summed E-state index contributed by atoms with van der Waals surface area (Å²) in [6.45, 7) is 0.793. The molecular formula is C9H17NO. The van der Waals surface area contributed by atoms with Crippen LogP contribution in [0.2, 0.25) is 0 Å². The third kappa shape index (κ3) is 1.42. The normalized spacial score (nSPS) is 42.8. The van der Waals surface area contributed by atoms with Crippen molar-refractivity contribution in [2.75, 3.05) is 6.61 Å². The summed E-state index contributed by atoms with van der Waals surface area (Å²) in [7, 11) is 0. The number of nitrogens with two attached hydrogens (primary N) is 1. The maximum atomic E-state index is 5.09. The molecule has 3 rings (SSSR count). The van der Waals surface area contributed by atoms with E-state index in [1.54, 1.807) is 0 Å². The zero-order valence-corrected chi connectivity index (χ0v) is 6.96. The van der Waals surface area contributed by atoms with Gasteiger partial charge in [0.05, 0.1) is 6.61 Å². The van der Waals surface area contributed by atoms with Gasteiger partial charge >= 0.3 is 0 Å². The van der Waals surface area contributed by atoms with Crippen LogP contribution in [0.25, 0.3) is 0 Å². The van der Waals surface area contributed by atoms with Gasteiger partial charge < -0.3 is 4.84 Å². The Morgan fingerprint density at radius 1 is 1.18 bits per heavy atom. The lowest BCUT2D eigenvalue weighted by molar-refractivity contribution is 0.0143. The molecule has 3 saturated carbocycles. The van der Waals surface area contributed by atoms with Crippen molar-refractivity contribution in [1.29, 1.82) is 0 Å². The summed E-state index contributed by atoms with van der Waals surface area (Å²) in [6.07, 6.45) is 7.16. The Morgan fingerprint density at radius 2 is 1.91 bits per heavy atom. The standard InChI is InChI=1S/C9H17NO/c10-11-6-9-5-7-1-3-8(9)4-2-7/h7-9H,1-6,10H2. The molecule has 0 aromatic heterocycles. The first-order valence-electron chi connectivity index (χ1n) is 4.72. The third-order valence-corrected chi connectivity index (χ3v) is 3.50. The van der Waals surface area contributed by atoms with Gasteiger partial charge in [0.1, 0.15) is 0 Å². The van der Waals surface area contributed by atoms with Gasteiger partial charge in [-0.05, 0) is 37.0 Å². The van der Waals surface area contributed by atoms with E-state index in [0.29, 0.717) is 0 Å². The molecule has 3 aliphatic rings. The molecule has 0 radical (unpaired) electrons. The van der Waals surface area contributed by atoms with Crippen molar-refractivity contribution >= 4 is 0 Å². The summed E-state index contributed by atoms with van der Waals surface area (Å²) in [5.41, 5.74) is 0. The van der Waals surface area contributed by atoms with Crippen molar-refractivity contribution in [3.63, 3.8) is 0 Å². The molecule has 0 heterocycles. The summed E-state index contributed by atoms with van der Waals surface area (Å²) in [4.78, 5) is 4.73. The smallest absolute Gasteiger partial charge is 0.0710 e.